The van der Waals surface area contributed by atoms with E-state index in [2.05, 4.69) is 11.9 Å². The molecule has 0 bridgehead atoms. The van der Waals surface area contributed by atoms with Crippen LogP contribution in [-0.2, 0) is 6.54 Å². The first kappa shape index (κ1) is 14.6. The molecule has 0 spiro atoms. The summed E-state index contributed by atoms with van der Waals surface area (Å²) in [4.78, 5) is 17.5. The van der Waals surface area contributed by atoms with Crippen molar-refractivity contribution in [3.8, 4) is 0 Å². The fraction of sp³-hybridized carbons (Fsp3) is 0.529. The molecular formula is C17H21ClN2O. The van der Waals surface area contributed by atoms with Crippen LogP contribution in [0.3, 0.4) is 0 Å². The van der Waals surface area contributed by atoms with Gasteiger partial charge in [0.25, 0.3) is 5.56 Å². The average molecular weight is 305 g/mol. The summed E-state index contributed by atoms with van der Waals surface area (Å²) in [5.74, 6) is 1.98. The van der Waals surface area contributed by atoms with E-state index in [1.54, 1.807) is 0 Å². The highest BCUT2D eigenvalue weighted by molar-refractivity contribution is 6.20. The van der Waals surface area contributed by atoms with Gasteiger partial charge >= 0.3 is 0 Å². The van der Waals surface area contributed by atoms with Gasteiger partial charge < -0.3 is 0 Å². The quantitative estimate of drug-likeness (QED) is 0.778. The number of aromatic nitrogens is 2. The van der Waals surface area contributed by atoms with Crippen LogP contribution in [0, 0.1) is 11.8 Å². The Morgan fingerprint density at radius 3 is 2.76 bits per heavy atom. The van der Waals surface area contributed by atoms with Gasteiger partial charge in [-0.15, -0.1) is 11.6 Å². The fourth-order valence-electron chi connectivity index (χ4n) is 2.89. The Bertz CT molecular complexity index is 705. The Morgan fingerprint density at radius 1 is 1.38 bits per heavy atom. The highest BCUT2D eigenvalue weighted by Crippen LogP contribution is 2.37. The van der Waals surface area contributed by atoms with E-state index in [0.717, 1.165) is 30.2 Å². The zero-order chi connectivity index (χ0) is 15.0. The second-order valence-electron chi connectivity index (χ2n) is 6.09. The SMILES string of the molecule is CCC(Cl)c1nc2ccccc2c(=O)n1CC(C)C1CC1. The van der Waals surface area contributed by atoms with Crippen molar-refractivity contribution in [1.82, 2.24) is 9.55 Å². The molecule has 1 aliphatic carbocycles. The predicted molar refractivity (Wildman–Crippen MR) is 86.8 cm³/mol. The lowest BCUT2D eigenvalue weighted by Gasteiger charge is -2.19. The maximum absolute atomic E-state index is 12.8. The average Bonchev–Trinajstić information content (AvgIpc) is 3.33. The molecule has 3 nitrogen and oxygen atoms in total. The van der Waals surface area contributed by atoms with Gasteiger partial charge in [0, 0.05) is 6.54 Å². The summed E-state index contributed by atoms with van der Waals surface area (Å²) < 4.78 is 1.81. The number of fused-ring (bicyclic) bond motifs is 1. The largest absolute Gasteiger partial charge is 0.295 e. The lowest BCUT2D eigenvalue weighted by atomic mass is 10.1. The highest BCUT2D eigenvalue weighted by Gasteiger charge is 2.29. The summed E-state index contributed by atoms with van der Waals surface area (Å²) in [7, 11) is 0. The molecule has 0 aliphatic heterocycles. The monoisotopic (exact) mass is 304 g/mol. The number of rotatable bonds is 5. The van der Waals surface area contributed by atoms with Crippen LogP contribution >= 0.6 is 11.6 Å². The van der Waals surface area contributed by atoms with Gasteiger partial charge in [0.2, 0.25) is 0 Å². The van der Waals surface area contributed by atoms with E-state index in [1.165, 1.54) is 12.8 Å². The Labute approximate surface area is 130 Å². The van der Waals surface area contributed by atoms with Gasteiger partial charge in [-0.25, -0.2) is 4.98 Å². The van der Waals surface area contributed by atoms with Gasteiger partial charge in [0.05, 0.1) is 16.3 Å². The number of hydrogen-bond acceptors (Lipinski definition) is 2. The van der Waals surface area contributed by atoms with Crippen molar-refractivity contribution in [2.45, 2.75) is 45.0 Å². The van der Waals surface area contributed by atoms with E-state index in [-0.39, 0.29) is 10.9 Å². The smallest absolute Gasteiger partial charge is 0.261 e. The third kappa shape index (κ3) is 2.84. The maximum atomic E-state index is 12.8. The van der Waals surface area contributed by atoms with Crippen molar-refractivity contribution >= 4 is 22.5 Å². The molecule has 0 amide bonds. The second kappa shape index (κ2) is 5.80. The van der Waals surface area contributed by atoms with E-state index in [0.29, 0.717) is 11.3 Å². The summed E-state index contributed by atoms with van der Waals surface area (Å²) >= 11 is 6.42. The van der Waals surface area contributed by atoms with Crippen molar-refractivity contribution < 1.29 is 0 Å². The maximum Gasteiger partial charge on any atom is 0.261 e. The normalized spacial score (nSPS) is 17.9. The van der Waals surface area contributed by atoms with Crippen molar-refractivity contribution in [2.75, 3.05) is 0 Å². The summed E-state index contributed by atoms with van der Waals surface area (Å²) in [6, 6.07) is 7.53. The van der Waals surface area contributed by atoms with Crippen molar-refractivity contribution in [1.29, 1.82) is 0 Å². The lowest BCUT2D eigenvalue weighted by molar-refractivity contribution is 0.410. The fourth-order valence-corrected chi connectivity index (χ4v) is 3.05. The highest BCUT2D eigenvalue weighted by atomic mass is 35.5. The predicted octanol–water partition coefficient (Wildman–Crippen LogP) is 4.13. The minimum atomic E-state index is -0.214. The summed E-state index contributed by atoms with van der Waals surface area (Å²) in [5.41, 5.74) is 0.786. The Hall–Kier alpha value is -1.35. The molecule has 1 aromatic heterocycles. The summed E-state index contributed by atoms with van der Waals surface area (Å²) in [5, 5.41) is 0.470. The standard InChI is InChI=1S/C17H21ClN2O/c1-3-14(18)16-19-15-7-5-4-6-13(15)17(21)20(16)10-11(2)12-8-9-12/h4-7,11-12,14H,3,8-10H2,1-2H3. The van der Waals surface area contributed by atoms with E-state index >= 15 is 0 Å². The van der Waals surface area contributed by atoms with Crippen LogP contribution in [0.2, 0.25) is 0 Å². The Balaban J connectivity index is 2.13. The number of nitrogens with zero attached hydrogens (tertiary/aromatic N) is 2. The van der Waals surface area contributed by atoms with Crippen LogP contribution in [0.5, 0.6) is 0 Å². The Morgan fingerprint density at radius 2 is 2.10 bits per heavy atom. The zero-order valence-electron chi connectivity index (χ0n) is 12.6. The van der Waals surface area contributed by atoms with E-state index in [4.69, 9.17) is 11.6 Å². The molecule has 2 atom stereocenters. The number of para-hydroxylation sites is 1. The molecule has 1 aromatic carbocycles. The van der Waals surface area contributed by atoms with E-state index in [9.17, 15) is 4.79 Å². The first-order valence-electron chi connectivity index (χ1n) is 7.75. The molecular weight excluding hydrogens is 284 g/mol. The zero-order valence-corrected chi connectivity index (χ0v) is 13.3. The molecule has 0 saturated heterocycles. The van der Waals surface area contributed by atoms with Gasteiger partial charge in [-0.2, -0.15) is 0 Å². The molecule has 0 N–H and O–H groups in total. The molecule has 0 radical (unpaired) electrons. The third-order valence-electron chi connectivity index (χ3n) is 4.43. The molecule has 2 aromatic rings. The first-order valence-corrected chi connectivity index (χ1v) is 8.19. The minimum absolute atomic E-state index is 0.0437. The van der Waals surface area contributed by atoms with Crippen LogP contribution in [0.4, 0.5) is 0 Å². The van der Waals surface area contributed by atoms with E-state index in [1.807, 2.05) is 35.8 Å². The molecule has 2 unspecified atom stereocenters. The van der Waals surface area contributed by atoms with Crippen LogP contribution in [0.15, 0.2) is 29.1 Å². The number of alkyl halides is 1. The van der Waals surface area contributed by atoms with Gasteiger partial charge in [0.1, 0.15) is 5.82 Å². The van der Waals surface area contributed by atoms with Gasteiger partial charge in [-0.05, 0) is 43.2 Å². The molecule has 1 heterocycles. The second-order valence-corrected chi connectivity index (χ2v) is 6.62. The van der Waals surface area contributed by atoms with Crippen LogP contribution < -0.4 is 5.56 Å². The van der Waals surface area contributed by atoms with Gasteiger partial charge in [-0.1, -0.05) is 26.0 Å². The summed E-state index contributed by atoms with van der Waals surface area (Å²) in [6.45, 7) is 4.96. The molecule has 3 rings (SSSR count). The van der Waals surface area contributed by atoms with Crippen molar-refractivity contribution in [3.05, 3.63) is 40.4 Å². The molecule has 4 heteroatoms. The molecule has 112 valence electrons. The number of benzene rings is 1. The molecule has 1 aliphatic rings. The molecule has 21 heavy (non-hydrogen) atoms. The molecule has 1 fully saturated rings. The topological polar surface area (TPSA) is 34.9 Å². The van der Waals surface area contributed by atoms with Crippen LogP contribution in [0.25, 0.3) is 10.9 Å². The van der Waals surface area contributed by atoms with E-state index < -0.39 is 0 Å². The number of hydrogen-bond donors (Lipinski definition) is 0. The van der Waals surface area contributed by atoms with Crippen LogP contribution in [0.1, 0.15) is 44.3 Å². The lowest BCUT2D eigenvalue weighted by Crippen LogP contribution is -2.29. The third-order valence-corrected chi connectivity index (χ3v) is 4.93. The van der Waals surface area contributed by atoms with Crippen molar-refractivity contribution in [3.63, 3.8) is 0 Å². The van der Waals surface area contributed by atoms with Crippen LogP contribution in [-0.4, -0.2) is 9.55 Å². The Kier molecular flexibility index (Phi) is 4.03. The summed E-state index contributed by atoms with van der Waals surface area (Å²) in [6.07, 6.45) is 3.33. The van der Waals surface area contributed by atoms with Gasteiger partial charge in [-0.3, -0.25) is 9.36 Å². The molecule has 1 saturated carbocycles. The van der Waals surface area contributed by atoms with Crippen molar-refractivity contribution in [2.24, 2.45) is 11.8 Å². The first-order chi connectivity index (χ1) is 10.1. The number of halogens is 1. The minimum Gasteiger partial charge on any atom is -0.295 e. The van der Waals surface area contributed by atoms with Gasteiger partial charge in [0.15, 0.2) is 0 Å².